The Kier molecular flexibility index (Phi) is 6.67. The second-order valence-electron chi connectivity index (χ2n) is 6.61. The molecule has 1 aromatic heterocycles. The molecule has 0 aliphatic rings. The molecule has 0 fully saturated rings. The summed E-state index contributed by atoms with van der Waals surface area (Å²) < 4.78 is 7.53. The first-order valence-electron chi connectivity index (χ1n) is 9.05. The number of aromatic nitrogens is 2. The Morgan fingerprint density at radius 2 is 2.07 bits per heavy atom. The number of rotatable bonds is 6. The van der Waals surface area contributed by atoms with E-state index in [0.717, 1.165) is 10.9 Å². The number of benzene rings is 2. The highest BCUT2D eigenvalue weighted by atomic mass is 79.9. The summed E-state index contributed by atoms with van der Waals surface area (Å²) in [6.07, 6.45) is 2.17. The van der Waals surface area contributed by atoms with Crippen LogP contribution in [-0.2, 0) is 0 Å². The van der Waals surface area contributed by atoms with Gasteiger partial charge >= 0.3 is 5.69 Å². The molecule has 156 valence electrons. The van der Waals surface area contributed by atoms with Crippen molar-refractivity contribution in [1.82, 2.24) is 9.66 Å². The summed E-state index contributed by atoms with van der Waals surface area (Å²) >= 11 is 6.66. The molecule has 10 heteroatoms. The van der Waals surface area contributed by atoms with E-state index >= 15 is 0 Å². The molecule has 1 heterocycles. The van der Waals surface area contributed by atoms with E-state index in [1.165, 1.54) is 24.1 Å². The van der Waals surface area contributed by atoms with Gasteiger partial charge in [-0.3, -0.25) is 14.9 Å². The van der Waals surface area contributed by atoms with Crippen LogP contribution in [0.3, 0.4) is 0 Å². The molecule has 0 N–H and O–H groups in total. The lowest BCUT2D eigenvalue weighted by Gasteiger charge is -2.14. The van der Waals surface area contributed by atoms with Crippen molar-refractivity contribution < 1.29 is 9.66 Å². The van der Waals surface area contributed by atoms with Crippen molar-refractivity contribution in [3.05, 3.63) is 71.1 Å². The van der Waals surface area contributed by atoms with E-state index in [1.807, 2.05) is 19.9 Å². The molecule has 1 atom stereocenters. The van der Waals surface area contributed by atoms with E-state index in [0.29, 0.717) is 26.8 Å². The molecule has 3 rings (SSSR count). The summed E-state index contributed by atoms with van der Waals surface area (Å²) in [4.78, 5) is 28.6. The standard InChI is InChI=1S/C20H18Br2N4O4/c1-4-11(2)19-24-16-6-5-13(21)9-14(16)20(27)25(19)23-10-12-7-15(22)18(30-3)17(8-12)26(28)29/h5-11H,4H2,1-3H3/t11-/m0/s1. The van der Waals surface area contributed by atoms with Crippen molar-refractivity contribution in [2.75, 3.05) is 7.11 Å². The molecule has 2 aromatic carbocycles. The van der Waals surface area contributed by atoms with Gasteiger partial charge in [-0.05, 0) is 46.6 Å². The molecule has 0 spiro atoms. The van der Waals surface area contributed by atoms with Crippen LogP contribution in [0.1, 0.15) is 37.6 Å². The third-order valence-corrected chi connectivity index (χ3v) is 5.74. The lowest BCUT2D eigenvalue weighted by molar-refractivity contribution is -0.385. The Morgan fingerprint density at radius 1 is 1.33 bits per heavy atom. The number of hydrogen-bond donors (Lipinski definition) is 0. The summed E-state index contributed by atoms with van der Waals surface area (Å²) in [5.41, 5.74) is 0.511. The van der Waals surface area contributed by atoms with Gasteiger partial charge in [0.25, 0.3) is 5.56 Å². The van der Waals surface area contributed by atoms with Gasteiger partial charge in [0.05, 0.1) is 33.6 Å². The maximum atomic E-state index is 13.1. The van der Waals surface area contributed by atoms with Crippen molar-refractivity contribution in [2.24, 2.45) is 5.10 Å². The van der Waals surface area contributed by atoms with E-state index in [1.54, 1.807) is 18.2 Å². The van der Waals surface area contributed by atoms with Gasteiger partial charge in [0.2, 0.25) is 5.75 Å². The maximum absolute atomic E-state index is 13.1. The molecule has 0 amide bonds. The van der Waals surface area contributed by atoms with E-state index in [-0.39, 0.29) is 22.9 Å². The van der Waals surface area contributed by atoms with E-state index in [9.17, 15) is 14.9 Å². The Morgan fingerprint density at radius 3 is 2.70 bits per heavy atom. The number of nitro benzene ring substituents is 1. The van der Waals surface area contributed by atoms with Gasteiger partial charge in [-0.2, -0.15) is 9.78 Å². The fraction of sp³-hybridized carbons (Fsp3) is 0.250. The maximum Gasteiger partial charge on any atom is 0.312 e. The summed E-state index contributed by atoms with van der Waals surface area (Å²) in [5.74, 6) is 0.627. The number of methoxy groups -OCH3 is 1. The molecule has 0 saturated heterocycles. The highest BCUT2D eigenvalue weighted by Gasteiger charge is 2.20. The molecule has 8 nitrogen and oxygen atoms in total. The van der Waals surface area contributed by atoms with Crippen LogP contribution in [0.4, 0.5) is 5.69 Å². The van der Waals surface area contributed by atoms with Crippen molar-refractivity contribution >= 4 is 54.7 Å². The summed E-state index contributed by atoms with van der Waals surface area (Å²) in [6, 6.07) is 8.29. The smallest absolute Gasteiger partial charge is 0.312 e. The molecular weight excluding hydrogens is 520 g/mol. The average molecular weight is 538 g/mol. The number of hydrogen-bond acceptors (Lipinski definition) is 6. The lowest BCUT2D eigenvalue weighted by atomic mass is 10.1. The Bertz CT molecular complexity index is 1220. The van der Waals surface area contributed by atoms with E-state index in [2.05, 4.69) is 41.9 Å². The molecule has 0 bridgehead atoms. The fourth-order valence-electron chi connectivity index (χ4n) is 2.91. The predicted molar refractivity (Wildman–Crippen MR) is 123 cm³/mol. The third kappa shape index (κ3) is 4.29. The van der Waals surface area contributed by atoms with Crippen LogP contribution in [0.2, 0.25) is 0 Å². The van der Waals surface area contributed by atoms with Crippen LogP contribution in [-0.4, -0.2) is 27.9 Å². The van der Waals surface area contributed by atoms with Crippen LogP contribution in [0, 0.1) is 10.1 Å². The third-order valence-electron chi connectivity index (χ3n) is 4.66. The molecule has 0 unspecified atom stereocenters. The summed E-state index contributed by atoms with van der Waals surface area (Å²) in [7, 11) is 1.36. The molecule has 0 saturated carbocycles. The van der Waals surface area contributed by atoms with Crippen LogP contribution < -0.4 is 10.3 Å². The molecule has 0 aliphatic heterocycles. The van der Waals surface area contributed by atoms with Crippen LogP contribution >= 0.6 is 31.9 Å². The van der Waals surface area contributed by atoms with Gasteiger partial charge in [0, 0.05) is 22.0 Å². The first-order chi connectivity index (χ1) is 14.3. The molecule has 0 radical (unpaired) electrons. The van der Waals surface area contributed by atoms with Crippen LogP contribution in [0.5, 0.6) is 5.75 Å². The van der Waals surface area contributed by atoms with Crippen molar-refractivity contribution in [3.63, 3.8) is 0 Å². The second-order valence-corrected chi connectivity index (χ2v) is 8.38. The van der Waals surface area contributed by atoms with Gasteiger partial charge in [-0.25, -0.2) is 4.98 Å². The van der Waals surface area contributed by atoms with Gasteiger partial charge in [0.15, 0.2) is 0 Å². The Labute approximate surface area is 189 Å². The Balaban J connectivity index is 2.19. The number of fused-ring (bicyclic) bond motifs is 1. The first-order valence-corrected chi connectivity index (χ1v) is 10.6. The molecule has 3 aromatic rings. The largest absolute Gasteiger partial charge is 0.489 e. The minimum absolute atomic E-state index is 0.0140. The zero-order valence-corrected chi connectivity index (χ0v) is 19.6. The first kappa shape index (κ1) is 22.1. The monoisotopic (exact) mass is 536 g/mol. The van der Waals surface area contributed by atoms with E-state index < -0.39 is 4.92 Å². The van der Waals surface area contributed by atoms with Gasteiger partial charge < -0.3 is 4.74 Å². The molecular formula is C20H18Br2N4O4. The predicted octanol–water partition coefficient (Wildman–Crippen LogP) is 5.23. The van der Waals surface area contributed by atoms with E-state index in [4.69, 9.17) is 4.74 Å². The van der Waals surface area contributed by atoms with Crippen molar-refractivity contribution in [1.29, 1.82) is 0 Å². The Hall–Kier alpha value is -2.59. The van der Waals surface area contributed by atoms with Gasteiger partial charge in [-0.15, -0.1) is 0 Å². The van der Waals surface area contributed by atoms with Crippen LogP contribution in [0.15, 0.2) is 49.2 Å². The molecule has 0 aliphatic carbocycles. The number of halogens is 2. The van der Waals surface area contributed by atoms with Gasteiger partial charge in [0.1, 0.15) is 5.82 Å². The topological polar surface area (TPSA) is 99.6 Å². The van der Waals surface area contributed by atoms with Crippen LogP contribution in [0.25, 0.3) is 10.9 Å². The highest BCUT2D eigenvalue weighted by Crippen LogP contribution is 2.35. The zero-order chi connectivity index (χ0) is 22.0. The number of nitro groups is 1. The van der Waals surface area contributed by atoms with Gasteiger partial charge in [-0.1, -0.05) is 29.8 Å². The SMILES string of the molecule is CC[C@H](C)c1nc2ccc(Br)cc2c(=O)n1N=Cc1cc(Br)c(OC)c([N+](=O)[O-])c1. The summed E-state index contributed by atoms with van der Waals surface area (Å²) in [5, 5.41) is 16.1. The van der Waals surface area contributed by atoms with Crippen molar-refractivity contribution in [2.45, 2.75) is 26.2 Å². The quantitative estimate of drug-likeness (QED) is 0.243. The average Bonchev–Trinajstić information content (AvgIpc) is 2.72. The second kappa shape index (κ2) is 9.05. The molecule has 30 heavy (non-hydrogen) atoms. The highest BCUT2D eigenvalue weighted by molar-refractivity contribution is 9.10. The zero-order valence-electron chi connectivity index (χ0n) is 16.4. The fourth-order valence-corrected chi connectivity index (χ4v) is 3.91. The van der Waals surface area contributed by atoms with Crippen molar-refractivity contribution in [3.8, 4) is 5.75 Å². The number of nitrogens with zero attached hydrogens (tertiary/aromatic N) is 4. The summed E-state index contributed by atoms with van der Waals surface area (Å²) in [6.45, 7) is 3.97. The number of ether oxygens (including phenoxy) is 1. The normalized spacial score (nSPS) is 12.4. The minimum atomic E-state index is -0.535. The lowest BCUT2D eigenvalue weighted by Crippen LogP contribution is -2.23. The minimum Gasteiger partial charge on any atom is -0.489 e.